The van der Waals surface area contributed by atoms with Crippen molar-refractivity contribution in [2.45, 2.75) is 43.8 Å². The molecule has 1 saturated heterocycles. The van der Waals surface area contributed by atoms with Crippen molar-refractivity contribution in [1.29, 1.82) is 0 Å². The summed E-state index contributed by atoms with van der Waals surface area (Å²) in [6.45, 7) is 1.09. The van der Waals surface area contributed by atoms with Crippen LogP contribution in [0, 0.1) is 0 Å². The summed E-state index contributed by atoms with van der Waals surface area (Å²) in [5.74, 6) is -1.09. The molecular weight excluding hydrogens is 348 g/mol. The third kappa shape index (κ3) is 3.96. The third-order valence-electron chi connectivity index (χ3n) is 5.19. The largest absolute Gasteiger partial charge is 0.370 e. The van der Waals surface area contributed by atoms with Gasteiger partial charge in [0, 0.05) is 30.0 Å². The van der Waals surface area contributed by atoms with Gasteiger partial charge in [-0.2, -0.15) is 0 Å². The van der Waals surface area contributed by atoms with E-state index in [0.717, 1.165) is 31.4 Å². The van der Waals surface area contributed by atoms with Gasteiger partial charge in [-0.1, -0.05) is 0 Å². The lowest BCUT2D eigenvalue weighted by Crippen LogP contribution is -2.54. The van der Waals surface area contributed by atoms with Crippen LogP contribution in [0.5, 0.6) is 0 Å². The minimum absolute atomic E-state index is 0.0803. The molecule has 3 amide bonds. The Hall–Kier alpha value is -2.45. The number of nitrogens with two attached hydrogens (primary N) is 1. The van der Waals surface area contributed by atoms with E-state index >= 15 is 0 Å². The first-order valence-corrected chi connectivity index (χ1v) is 9.40. The number of hydrogen-bond donors (Lipinski definition) is 2. The highest BCUT2D eigenvalue weighted by atomic mass is 16.5. The number of hydrogen-bond acceptors (Lipinski definition) is 5. The molecule has 1 atom stereocenters. The van der Waals surface area contributed by atoms with Gasteiger partial charge >= 0.3 is 0 Å². The van der Waals surface area contributed by atoms with Crippen LogP contribution in [0.2, 0.25) is 0 Å². The number of anilines is 2. The number of amides is 3. The average Bonchev–Trinajstić information content (AvgIpc) is 3.55. The Morgan fingerprint density at radius 1 is 1.15 bits per heavy atom. The van der Waals surface area contributed by atoms with Crippen LogP contribution < -0.4 is 16.0 Å². The van der Waals surface area contributed by atoms with Crippen molar-refractivity contribution in [2.75, 3.05) is 30.0 Å². The van der Waals surface area contributed by atoms with E-state index in [1.54, 1.807) is 29.2 Å². The van der Waals surface area contributed by atoms with E-state index in [2.05, 4.69) is 5.32 Å². The van der Waals surface area contributed by atoms with Gasteiger partial charge in [0.2, 0.25) is 5.91 Å². The lowest BCUT2D eigenvalue weighted by Gasteiger charge is -2.29. The molecule has 8 heteroatoms. The first-order chi connectivity index (χ1) is 13.0. The molecule has 3 aliphatic rings. The number of nitrogens with one attached hydrogen (secondary N) is 1. The Labute approximate surface area is 157 Å². The van der Waals surface area contributed by atoms with Gasteiger partial charge in [0.05, 0.1) is 6.61 Å². The van der Waals surface area contributed by atoms with E-state index in [1.165, 1.54) is 0 Å². The van der Waals surface area contributed by atoms with Crippen LogP contribution in [0.15, 0.2) is 24.3 Å². The highest BCUT2D eigenvalue weighted by molar-refractivity contribution is 6.09. The zero-order valence-electron chi connectivity index (χ0n) is 15.1. The standard InChI is InChI=1S/C19H24N4O4/c20-18(25)17(23(14-5-6-14)15-7-8-15)19(26)21-12-1-3-13(4-2-12)22-9-10-27-11-16(22)24/h1-4,14-15,17H,5-11H2,(H2,20,25)(H,21,26)/t17-/m1/s1. The Balaban J connectivity index is 1.44. The molecule has 144 valence electrons. The first-order valence-electron chi connectivity index (χ1n) is 9.40. The maximum Gasteiger partial charge on any atom is 0.253 e. The Morgan fingerprint density at radius 3 is 2.30 bits per heavy atom. The molecule has 3 N–H and O–H groups in total. The molecule has 0 spiro atoms. The van der Waals surface area contributed by atoms with Gasteiger partial charge in [0.1, 0.15) is 6.61 Å². The summed E-state index contributed by atoms with van der Waals surface area (Å²) < 4.78 is 5.13. The van der Waals surface area contributed by atoms with Crippen LogP contribution in [0.4, 0.5) is 11.4 Å². The van der Waals surface area contributed by atoms with Crippen molar-refractivity contribution < 1.29 is 19.1 Å². The highest BCUT2D eigenvalue weighted by Crippen LogP contribution is 2.39. The molecule has 8 nitrogen and oxygen atoms in total. The van der Waals surface area contributed by atoms with Gasteiger partial charge in [-0.25, -0.2) is 0 Å². The molecule has 1 aromatic rings. The summed E-state index contributed by atoms with van der Waals surface area (Å²) in [6.07, 6.45) is 4.04. The zero-order chi connectivity index (χ0) is 19.0. The second kappa shape index (κ2) is 7.28. The van der Waals surface area contributed by atoms with E-state index in [1.807, 2.05) is 4.90 Å². The van der Waals surface area contributed by atoms with E-state index in [9.17, 15) is 14.4 Å². The fourth-order valence-corrected chi connectivity index (χ4v) is 3.60. The molecule has 2 aliphatic carbocycles. The number of nitrogens with zero attached hydrogens (tertiary/aromatic N) is 2. The van der Waals surface area contributed by atoms with Crippen LogP contribution in [-0.4, -0.2) is 60.5 Å². The van der Waals surface area contributed by atoms with Gasteiger partial charge < -0.3 is 20.7 Å². The van der Waals surface area contributed by atoms with Crippen molar-refractivity contribution in [3.8, 4) is 0 Å². The third-order valence-corrected chi connectivity index (χ3v) is 5.19. The van der Waals surface area contributed by atoms with Crippen LogP contribution in [0.3, 0.4) is 0 Å². The van der Waals surface area contributed by atoms with Gasteiger partial charge in [-0.3, -0.25) is 19.3 Å². The van der Waals surface area contributed by atoms with E-state index in [-0.39, 0.29) is 24.6 Å². The molecule has 4 rings (SSSR count). The molecule has 1 aliphatic heterocycles. The van der Waals surface area contributed by atoms with Crippen molar-refractivity contribution >= 4 is 29.1 Å². The summed E-state index contributed by atoms with van der Waals surface area (Å²) >= 11 is 0. The fraction of sp³-hybridized carbons (Fsp3) is 0.526. The summed E-state index contributed by atoms with van der Waals surface area (Å²) in [7, 11) is 0. The normalized spacial score (nSPS) is 21.2. The summed E-state index contributed by atoms with van der Waals surface area (Å²) in [6, 6.07) is 6.64. The lowest BCUT2D eigenvalue weighted by molar-refractivity contribution is -0.133. The Bertz CT molecular complexity index is 731. The van der Waals surface area contributed by atoms with Crippen molar-refractivity contribution in [2.24, 2.45) is 5.73 Å². The lowest BCUT2D eigenvalue weighted by atomic mass is 10.1. The number of carbonyl (C=O) groups is 3. The molecule has 3 fully saturated rings. The second-order valence-corrected chi connectivity index (χ2v) is 7.35. The first kappa shape index (κ1) is 17.9. The molecule has 0 aromatic heterocycles. The summed E-state index contributed by atoms with van der Waals surface area (Å²) in [5.41, 5.74) is 6.89. The van der Waals surface area contributed by atoms with Crippen molar-refractivity contribution in [1.82, 2.24) is 4.90 Å². The SMILES string of the molecule is NC(=O)[C@H](C(=O)Nc1ccc(N2CCOCC2=O)cc1)N(C1CC1)C1CC1. The minimum Gasteiger partial charge on any atom is -0.370 e. The Morgan fingerprint density at radius 2 is 1.78 bits per heavy atom. The number of benzene rings is 1. The quantitative estimate of drug-likeness (QED) is 0.677. The fourth-order valence-electron chi connectivity index (χ4n) is 3.60. The molecule has 27 heavy (non-hydrogen) atoms. The number of morpholine rings is 1. The summed E-state index contributed by atoms with van der Waals surface area (Å²) in [5, 5.41) is 2.80. The van der Waals surface area contributed by atoms with E-state index in [4.69, 9.17) is 10.5 Å². The van der Waals surface area contributed by atoms with E-state index in [0.29, 0.717) is 18.8 Å². The van der Waals surface area contributed by atoms with Crippen molar-refractivity contribution in [3.63, 3.8) is 0 Å². The van der Waals surface area contributed by atoms with Gasteiger partial charge in [-0.15, -0.1) is 0 Å². The van der Waals surface area contributed by atoms with Crippen LogP contribution >= 0.6 is 0 Å². The van der Waals surface area contributed by atoms with Crippen LogP contribution in [0.1, 0.15) is 25.7 Å². The molecule has 1 aromatic carbocycles. The number of primary amides is 1. The van der Waals surface area contributed by atoms with Crippen molar-refractivity contribution in [3.05, 3.63) is 24.3 Å². The van der Waals surface area contributed by atoms with Gasteiger partial charge in [-0.05, 0) is 49.9 Å². The monoisotopic (exact) mass is 372 g/mol. The second-order valence-electron chi connectivity index (χ2n) is 7.35. The predicted molar refractivity (Wildman–Crippen MR) is 99.1 cm³/mol. The molecule has 1 heterocycles. The molecular formula is C19H24N4O4. The topological polar surface area (TPSA) is 105 Å². The molecule has 2 saturated carbocycles. The predicted octanol–water partition coefficient (Wildman–Crippen LogP) is 0.469. The minimum atomic E-state index is -0.939. The molecule has 0 radical (unpaired) electrons. The molecule has 0 bridgehead atoms. The smallest absolute Gasteiger partial charge is 0.253 e. The zero-order valence-corrected chi connectivity index (χ0v) is 15.1. The number of rotatable bonds is 7. The number of ether oxygens (including phenoxy) is 1. The highest BCUT2D eigenvalue weighted by Gasteiger charge is 2.47. The average molecular weight is 372 g/mol. The maximum atomic E-state index is 12.8. The Kier molecular flexibility index (Phi) is 4.84. The van der Waals surface area contributed by atoms with Gasteiger partial charge in [0.15, 0.2) is 6.04 Å². The van der Waals surface area contributed by atoms with E-state index < -0.39 is 17.9 Å². The van der Waals surface area contributed by atoms with Gasteiger partial charge in [0.25, 0.3) is 11.8 Å². The van der Waals surface area contributed by atoms with Crippen LogP contribution in [-0.2, 0) is 19.1 Å². The summed E-state index contributed by atoms with van der Waals surface area (Å²) in [4.78, 5) is 40.3. The maximum absolute atomic E-state index is 12.8. The van der Waals surface area contributed by atoms with Crippen LogP contribution in [0.25, 0.3) is 0 Å². The molecule has 0 unspecified atom stereocenters. The number of carbonyl (C=O) groups excluding carboxylic acids is 3.